The lowest BCUT2D eigenvalue weighted by molar-refractivity contribution is -0.137. The first-order chi connectivity index (χ1) is 13.4. The summed E-state index contributed by atoms with van der Waals surface area (Å²) in [6.07, 6.45) is 2.55. The average Bonchev–Trinajstić information content (AvgIpc) is 2.69. The number of alkyl halides is 3. The fourth-order valence-electron chi connectivity index (χ4n) is 4.02. The highest BCUT2D eigenvalue weighted by Gasteiger charge is 2.30. The second-order valence-electron chi connectivity index (χ2n) is 7.74. The van der Waals surface area contributed by atoms with Crippen LogP contribution in [0.25, 0.3) is 11.6 Å². The lowest BCUT2D eigenvalue weighted by Crippen LogP contribution is -2.17. The van der Waals surface area contributed by atoms with Crippen LogP contribution in [0.4, 0.5) is 13.2 Å². The van der Waals surface area contributed by atoms with Crippen LogP contribution in [-0.4, -0.2) is 13.7 Å². The molecule has 1 fully saturated rings. The van der Waals surface area contributed by atoms with E-state index in [1.54, 1.807) is 7.11 Å². The van der Waals surface area contributed by atoms with E-state index >= 15 is 0 Å². The summed E-state index contributed by atoms with van der Waals surface area (Å²) in [4.78, 5) is 0. The Hall–Kier alpha value is -2.07. The molecule has 3 rings (SSSR count). The minimum Gasteiger partial charge on any atom is -0.384 e. The molecule has 1 aliphatic rings. The Morgan fingerprint density at radius 2 is 1.57 bits per heavy atom. The monoisotopic (exact) mass is 388 g/mol. The van der Waals surface area contributed by atoms with Crippen LogP contribution in [0.15, 0.2) is 48.5 Å². The van der Waals surface area contributed by atoms with Crippen molar-refractivity contribution in [3.05, 3.63) is 70.8 Å². The molecule has 1 nitrogen and oxygen atoms in total. The van der Waals surface area contributed by atoms with Crippen molar-refractivity contribution in [2.45, 2.75) is 44.7 Å². The van der Waals surface area contributed by atoms with Crippen LogP contribution in [0.2, 0.25) is 0 Å². The van der Waals surface area contributed by atoms with Crippen LogP contribution in [0.3, 0.4) is 0 Å². The van der Waals surface area contributed by atoms with Crippen molar-refractivity contribution >= 4 is 11.6 Å². The second kappa shape index (κ2) is 8.95. The molecule has 0 heterocycles. The molecule has 0 amide bonds. The SMILES string of the molecule is COCC1CCC(c2ccc(C=C(C)c3ccc(C(F)(F)F)cc3)cc2)CC1. The molecular weight excluding hydrogens is 361 g/mol. The molecule has 0 unspecified atom stereocenters. The zero-order valence-electron chi connectivity index (χ0n) is 16.4. The van der Waals surface area contributed by atoms with E-state index in [0.29, 0.717) is 11.8 Å². The van der Waals surface area contributed by atoms with E-state index in [0.717, 1.165) is 35.4 Å². The number of methoxy groups -OCH3 is 1. The first-order valence-corrected chi connectivity index (χ1v) is 9.81. The summed E-state index contributed by atoms with van der Waals surface area (Å²) in [5, 5.41) is 0. The Morgan fingerprint density at radius 3 is 2.11 bits per heavy atom. The summed E-state index contributed by atoms with van der Waals surface area (Å²) >= 11 is 0. The molecule has 2 aromatic rings. The van der Waals surface area contributed by atoms with Gasteiger partial charge in [-0.1, -0.05) is 42.5 Å². The van der Waals surface area contributed by atoms with Crippen LogP contribution in [0.1, 0.15) is 60.8 Å². The highest BCUT2D eigenvalue weighted by Crippen LogP contribution is 2.36. The number of rotatable bonds is 5. The zero-order chi connectivity index (χ0) is 20.1. The predicted molar refractivity (Wildman–Crippen MR) is 108 cm³/mol. The molecule has 0 atom stereocenters. The molecule has 1 saturated carbocycles. The molecule has 0 aliphatic heterocycles. The Bertz CT molecular complexity index is 780. The van der Waals surface area contributed by atoms with E-state index < -0.39 is 11.7 Å². The fourth-order valence-corrected chi connectivity index (χ4v) is 4.02. The predicted octanol–water partition coefficient (Wildman–Crippen LogP) is 7.19. The van der Waals surface area contributed by atoms with Crippen molar-refractivity contribution in [3.8, 4) is 0 Å². The first kappa shape index (κ1) is 20.7. The van der Waals surface area contributed by atoms with Gasteiger partial charge in [0, 0.05) is 13.7 Å². The molecule has 4 heteroatoms. The van der Waals surface area contributed by atoms with Gasteiger partial charge in [-0.2, -0.15) is 13.2 Å². The van der Waals surface area contributed by atoms with Crippen molar-refractivity contribution in [3.63, 3.8) is 0 Å². The van der Waals surface area contributed by atoms with Gasteiger partial charge in [-0.25, -0.2) is 0 Å². The number of hydrogen-bond donors (Lipinski definition) is 0. The van der Waals surface area contributed by atoms with E-state index in [1.807, 2.05) is 13.0 Å². The van der Waals surface area contributed by atoms with Gasteiger partial charge in [0.15, 0.2) is 0 Å². The Morgan fingerprint density at radius 1 is 0.964 bits per heavy atom. The van der Waals surface area contributed by atoms with Crippen LogP contribution < -0.4 is 0 Å². The third kappa shape index (κ3) is 5.26. The highest BCUT2D eigenvalue weighted by molar-refractivity contribution is 5.80. The van der Waals surface area contributed by atoms with Crippen molar-refractivity contribution < 1.29 is 17.9 Å². The number of halogens is 3. The maximum atomic E-state index is 12.7. The van der Waals surface area contributed by atoms with Gasteiger partial charge in [0.05, 0.1) is 5.56 Å². The van der Waals surface area contributed by atoms with Gasteiger partial charge in [0.2, 0.25) is 0 Å². The van der Waals surface area contributed by atoms with E-state index in [-0.39, 0.29) is 0 Å². The van der Waals surface area contributed by atoms with Crippen molar-refractivity contribution in [2.24, 2.45) is 5.92 Å². The van der Waals surface area contributed by atoms with E-state index in [1.165, 1.54) is 43.4 Å². The van der Waals surface area contributed by atoms with E-state index in [9.17, 15) is 13.2 Å². The Labute approximate surface area is 165 Å². The van der Waals surface area contributed by atoms with Gasteiger partial charge in [0.25, 0.3) is 0 Å². The summed E-state index contributed by atoms with van der Waals surface area (Å²) in [6, 6.07) is 13.9. The highest BCUT2D eigenvalue weighted by atomic mass is 19.4. The lowest BCUT2D eigenvalue weighted by atomic mass is 9.79. The molecule has 0 radical (unpaired) electrons. The summed E-state index contributed by atoms with van der Waals surface area (Å²) in [6.45, 7) is 2.78. The third-order valence-electron chi connectivity index (χ3n) is 5.71. The van der Waals surface area contributed by atoms with Crippen LogP contribution in [0.5, 0.6) is 0 Å². The zero-order valence-corrected chi connectivity index (χ0v) is 16.4. The van der Waals surface area contributed by atoms with Gasteiger partial charge < -0.3 is 4.74 Å². The van der Waals surface area contributed by atoms with Crippen molar-refractivity contribution in [1.82, 2.24) is 0 Å². The minimum atomic E-state index is -4.30. The molecule has 0 saturated heterocycles. The largest absolute Gasteiger partial charge is 0.416 e. The number of benzene rings is 2. The third-order valence-corrected chi connectivity index (χ3v) is 5.71. The van der Waals surface area contributed by atoms with Crippen LogP contribution in [-0.2, 0) is 10.9 Å². The Kier molecular flexibility index (Phi) is 6.61. The molecule has 2 aromatic carbocycles. The van der Waals surface area contributed by atoms with E-state index in [2.05, 4.69) is 24.3 Å². The van der Waals surface area contributed by atoms with Gasteiger partial charge >= 0.3 is 6.18 Å². The summed E-state index contributed by atoms with van der Waals surface area (Å²) in [5.41, 5.74) is 3.57. The van der Waals surface area contributed by atoms with Gasteiger partial charge in [0.1, 0.15) is 0 Å². The van der Waals surface area contributed by atoms with Crippen molar-refractivity contribution in [2.75, 3.05) is 13.7 Å². The van der Waals surface area contributed by atoms with Gasteiger partial charge in [-0.15, -0.1) is 0 Å². The molecule has 1 aliphatic carbocycles. The second-order valence-corrected chi connectivity index (χ2v) is 7.74. The molecule has 150 valence electrons. The van der Waals surface area contributed by atoms with Gasteiger partial charge in [-0.3, -0.25) is 0 Å². The number of ether oxygens (including phenoxy) is 1. The average molecular weight is 388 g/mol. The molecule has 0 bridgehead atoms. The normalized spacial score (nSPS) is 21.0. The summed E-state index contributed by atoms with van der Waals surface area (Å²) in [5.74, 6) is 1.30. The van der Waals surface area contributed by atoms with Gasteiger partial charge in [-0.05, 0) is 78.8 Å². The molecule has 0 aromatic heterocycles. The molecular formula is C24H27F3O. The lowest BCUT2D eigenvalue weighted by Gasteiger charge is -2.28. The topological polar surface area (TPSA) is 9.23 Å². The standard InChI is InChI=1S/C24H27F3O/c1-17(20-11-13-23(14-12-20)24(25,26)27)15-18-3-7-21(8-4-18)22-9-5-19(6-10-22)16-28-2/h3-4,7-8,11-15,19,22H,5-6,9-10,16H2,1-2H3. The fraction of sp³-hybridized carbons (Fsp3) is 0.417. The summed E-state index contributed by atoms with van der Waals surface area (Å²) in [7, 11) is 1.77. The minimum absolute atomic E-state index is 0.613. The molecule has 0 spiro atoms. The quantitative estimate of drug-likeness (QED) is 0.493. The molecule has 0 N–H and O–H groups in total. The van der Waals surface area contributed by atoms with E-state index in [4.69, 9.17) is 4.74 Å². The van der Waals surface area contributed by atoms with Crippen LogP contribution in [0, 0.1) is 5.92 Å². The first-order valence-electron chi connectivity index (χ1n) is 9.81. The maximum Gasteiger partial charge on any atom is 0.416 e. The smallest absolute Gasteiger partial charge is 0.384 e. The molecule has 28 heavy (non-hydrogen) atoms. The van der Waals surface area contributed by atoms with Crippen LogP contribution >= 0.6 is 0 Å². The summed E-state index contributed by atoms with van der Waals surface area (Å²) < 4.78 is 43.4. The van der Waals surface area contributed by atoms with Crippen molar-refractivity contribution in [1.29, 1.82) is 0 Å². The number of allylic oxidation sites excluding steroid dienone is 1. The maximum absolute atomic E-state index is 12.7. The Balaban J connectivity index is 1.65. The number of hydrogen-bond acceptors (Lipinski definition) is 1.